The molecule has 2 rings (SSSR count). The summed E-state index contributed by atoms with van der Waals surface area (Å²) < 4.78 is 0. The largest absolute Gasteiger partial charge is 0.508 e. The Bertz CT molecular complexity index is 399. The van der Waals surface area contributed by atoms with Crippen molar-refractivity contribution < 1.29 is 5.11 Å². The van der Waals surface area contributed by atoms with E-state index >= 15 is 0 Å². The van der Waals surface area contributed by atoms with Gasteiger partial charge < -0.3 is 5.11 Å². The van der Waals surface area contributed by atoms with E-state index in [2.05, 4.69) is 6.07 Å². The van der Waals surface area contributed by atoms with Crippen LogP contribution in [-0.4, -0.2) is 5.11 Å². The molecule has 0 fully saturated rings. The summed E-state index contributed by atoms with van der Waals surface area (Å²) in [6.07, 6.45) is 2.51. The van der Waals surface area contributed by atoms with Crippen molar-refractivity contribution in [2.24, 2.45) is 0 Å². The maximum atomic E-state index is 9.15. The highest BCUT2D eigenvalue weighted by Gasteiger charge is 2.11. The SMILES string of the molecule is N#CC1=Cc2ccc(O)cc2C1. The molecule has 0 atom stereocenters. The van der Waals surface area contributed by atoms with Crippen LogP contribution in [0, 0.1) is 11.3 Å². The van der Waals surface area contributed by atoms with Gasteiger partial charge in [0.25, 0.3) is 0 Å². The summed E-state index contributed by atoms with van der Waals surface area (Å²) in [7, 11) is 0. The first-order valence-electron chi connectivity index (χ1n) is 3.72. The first kappa shape index (κ1) is 6.93. The molecule has 0 unspecified atom stereocenters. The topological polar surface area (TPSA) is 44.0 Å². The number of hydrogen-bond acceptors (Lipinski definition) is 2. The second-order valence-corrected chi connectivity index (χ2v) is 2.84. The normalized spacial score (nSPS) is 13.4. The number of allylic oxidation sites excluding steroid dienone is 1. The lowest BCUT2D eigenvalue weighted by atomic mass is 10.1. The molecule has 12 heavy (non-hydrogen) atoms. The Morgan fingerprint density at radius 1 is 1.42 bits per heavy atom. The minimum atomic E-state index is 0.265. The van der Waals surface area contributed by atoms with Crippen molar-refractivity contribution in [2.75, 3.05) is 0 Å². The van der Waals surface area contributed by atoms with Gasteiger partial charge in [-0.3, -0.25) is 0 Å². The van der Waals surface area contributed by atoms with E-state index in [1.807, 2.05) is 12.1 Å². The standard InChI is InChI=1S/C10H7NO/c11-6-7-3-8-1-2-10(12)5-9(8)4-7/h1-3,5,12H,4H2. The van der Waals surface area contributed by atoms with Crippen LogP contribution in [0.2, 0.25) is 0 Å². The van der Waals surface area contributed by atoms with E-state index < -0.39 is 0 Å². The first-order valence-corrected chi connectivity index (χ1v) is 3.72. The van der Waals surface area contributed by atoms with Crippen LogP contribution in [0.15, 0.2) is 23.8 Å². The molecule has 0 aliphatic heterocycles. The van der Waals surface area contributed by atoms with Crippen LogP contribution in [-0.2, 0) is 6.42 Å². The van der Waals surface area contributed by atoms with E-state index in [4.69, 9.17) is 10.4 Å². The van der Waals surface area contributed by atoms with Crippen molar-refractivity contribution in [1.82, 2.24) is 0 Å². The van der Waals surface area contributed by atoms with Crippen molar-refractivity contribution in [3.63, 3.8) is 0 Å². The van der Waals surface area contributed by atoms with Crippen molar-refractivity contribution in [2.45, 2.75) is 6.42 Å². The molecular weight excluding hydrogens is 150 g/mol. The second kappa shape index (κ2) is 2.38. The van der Waals surface area contributed by atoms with Gasteiger partial charge in [0.15, 0.2) is 0 Å². The monoisotopic (exact) mass is 157 g/mol. The Morgan fingerprint density at radius 3 is 3.00 bits per heavy atom. The summed E-state index contributed by atoms with van der Waals surface area (Å²) >= 11 is 0. The predicted molar refractivity (Wildman–Crippen MR) is 45.4 cm³/mol. The number of rotatable bonds is 0. The molecule has 1 aliphatic carbocycles. The molecule has 0 aromatic heterocycles. The zero-order valence-electron chi connectivity index (χ0n) is 6.41. The first-order chi connectivity index (χ1) is 5.79. The van der Waals surface area contributed by atoms with Gasteiger partial charge in [0, 0.05) is 12.0 Å². The highest BCUT2D eigenvalue weighted by atomic mass is 16.3. The summed E-state index contributed by atoms with van der Waals surface area (Å²) in [6.45, 7) is 0. The second-order valence-electron chi connectivity index (χ2n) is 2.84. The molecule has 58 valence electrons. The third-order valence-electron chi connectivity index (χ3n) is 1.98. The van der Waals surface area contributed by atoms with E-state index in [1.165, 1.54) is 0 Å². The maximum absolute atomic E-state index is 9.15. The summed E-state index contributed by atoms with van der Waals surface area (Å²) in [5.74, 6) is 0.265. The number of nitriles is 1. The van der Waals surface area contributed by atoms with E-state index in [9.17, 15) is 0 Å². The summed E-state index contributed by atoms with van der Waals surface area (Å²) in [5, 5.41) is 17.8. The minimum absolute atomic E-state index is 0.265. The highest BCUT2D eigenvalue weighted by molar-refractivity contribution is 5.67. The molecule has 0 heterocycles. The lowest BCUT2D eigenvalue weighted by molar-refractivity contribution is 0.474. The fraction of sp³-hybridized carbons (Fsp3) is 0.100. The third kappa shape index (κ3) is 0.960. The van der Waals surface area contributed by atoms with Gasteiger partial charge in [-0.05, 0) is 29.3 Å². The molecule has 1 aromatic carbocycles. The zero-order valence-corrected chi connectivity index (χ0v) is 6.41. The number of fused-ring (bicyclic) bond motifs is 1. The van der Waals surface area contributed by atoms with Crippen molar-refractivity contribution >= 4 is 6.08 Å². The van der Waals surface area contributed by atoms with Gasteiger partial charge in [-0.2, -0.15) is 5.26 Å². The van der Waals surface area contributed by atoms with Crippen LogP contribution in [0.25, 0.3) is 6.08 Å². The van der Waals surface area contributed by atoms with Gasteiger partial charge in [0.05, 0.1) is 6.07 Å². The van der Waals surface area contributed by atoms with Crippen LogP contribution in [0.4, 0.5) is 0 Å². The van der Waals surface area contributed by atoms with Crippen LogP contribution >= 0.6 is 0 Å². The summed E-state index contributed by atoms with van der Waals surface area (Å²) in [6, 6.07) is 7.28. The Labute approximate surface area is 70.4 Å². The molecule has 0 amide bonds. The number of hydrogen-bond donors (Lipinski definition) is 1. The minimum Gasteiger partial charge on any atom is -0.508 e. The fourth-order valence-electron chi connectivity index (χ4n) is 1.40. The van der Waals surface area contributed by atoms with Crippen LogP contribution in [0.3, 0.4) is 0 Å². The Balaban J connectivity index is 2.48. The average Bonchev–Trinajstić information content (AvgIpc) is 2.46. The Morgan fingerprint density at radius 2 is 2.25 bits per heavy atom. The van der Waals surface area contributed by atoms with Gasteiger partial charge >= 0.3 is 0 Å². The molecule has 0 saturated carbocycles. The average molecular weight is 157 g/mol. The van der Waals surface area contributed by atoms with E-state index in [1.54, 1.807) is 12.1 Å². The molecule has 1 N–H and O–H groups in total. The molecule has 0 spiro atoms. The molecule has 0 bridgehead atoms. The summed E-state index contributed by atoms with van der Waals surface area (Å²) in [5.41, 5.74) is 2.84. The predicted octanol–water partition coefficient (Wildman–Crippen LogP) is 1.86. The third-order valence-corrected chi connectivity index (χ3v) is 1.98. The molecule has 2 nitrogen and oxygen atoms in total. The molecular formula is C10H7NO. The Hall–Kier alpha value is -1.75. The molecule has 0 saturated heterocycles. The van der Waals surface area contributed by atoms with Gasteiger partial charge in [-0.15, -0.1) is 0 Å². The van der Waals surface area contributed by atoms with Crippen molar-refractivity contribution in [3.8, 4) is 11.8 Å². The lowest BCUT2D eigenvalue weighted by Crippen LogP contribution is -1.81. The van der Waals surface area contributed by atoms with Crippen LogP contribution in [0.1, 0.15) is 11.1 Å². The Kier molecular flexibility index (Phi) is 1.38. The number of phenols is 1. The number of nitrogens with zero attached hydrogens (tertiary/aromatic N) is 1. The van der Waals surface area contributed by atoms with E-state index in [0.717, 1.165) is 16.7 Å². The van der Waals surface area contributed by atoms with E-state index in [0.29, 0.717) is 6.42 Å². The van der Waals surface area contributed by atoms with Gasteiger partial charge in [0.1, 0.15) is 5.75 Å². The number of phenolic OH excluding ortho intramolecular Hbond substituents is 1. The molecule has 2 heteroatoms. The fourth-order valence-corrected chi connectivity index (χ4v) is 1.40. The van der Waals surface area contributed by atoms with Crippen molar-refractivity contribution in [3.05, 3.63) is 34.9 Å². The van der Waals surface area contributed by atoms with E-state index in [-0.39, 0.29) is 5.75 Å². The highest BCUT2D eigenvalue weighted by Crippen LogP contribution is 2.27. The molecule has 1 aliphatic rings. The van der Waals surface area contributed by atoms with Gasteiger partial charge in [0.2, 0.25) is 0 Å². The quantitative estimate of drug-likeness (QED) is 0.624. The lowest BCUT2D eigenvalue weighted by Gasteiger charge is -1.97. The summed E-state index contributed by atoms with van der Waals surface area (Å²) in [4.78, 5) is 0. The van der Waals surface area contributed by atoms with Crippen LogP contribution in [0.5, 0.6) is 5.75 Å². The molecule has 0 radical (unpaired) electrons. The van der Waals surface area contributed by atoms with Crippen LogP contribution < -0.4 is 0 Å². The van der Waals surface area contributed by atoms with Gasteiger partial charge in [-0.1, -0.05) is 6.07 Å². The van der Waals surface area contributed by atoms with Gasteiger partial charge in [-0.25, -0.2) is 0 Å². The zero-order chi connectivity index (χ0) is 8.55. The smallest absolute Gasteiger partial charge is 0.115 e. The van der Waals surface area contributed by atoms with Crippen molar-refractivity contribution in [1.29, 1.82) is 5.26 Å². The molecule has 1 aromatic rings. The number of aromatic hydroxyl groups is 1. The maximum Gasteiger partial charge on any atom is 0.115 e. The number of benzene rings is 1.